The quantitative estimate of drug-likeness (QED) is 0.644. The molecule has 1 fully saturated rings. The molecular formula is C18H21N5OS2. The zero-order chi connectivity index (χ0) is 18.1. The van der Waals surface area contributed by atoms with Gasteiger partial charge in [-0.05, 0) is 37.4 Å². The van der Waals surface area contributed by atoms with E-state index in [9.17, 15) is 4.79 Å². The van der Waals surface area contributed by atoms with Crippen LogP contribution in [0.1, 0.15) is 17.4 Å². The smallest absolute Gasteiger partial charge is 0.272 e. The summed E-state index contributed by atoms with van der Waals surface area (Å²) in [4.78, 5) is 23.0. The van der Waals surface area contributed by atoms with Gasteiger partial charge in [-0.25, -0.2) is 4.98 Å². The molecule has 0 unspecified atom stereocenters. The first-order chi connectivity index (χ1) is 12.7. The number of fused-ring (bicyclic) bond motifs is 1. The van der Waals surface area contributed by atoms with Gasteiger partial charge in [-0.1, -0.05) is 11.3 Å². The summed E-state index contributed by atoms with van der Waals surface area (Å²) >= 11 is 3.48. The third-order valence-corrected chi connectivity index (χ3v) is 6.46. The highest BCUT2D eigenvalue weighted by Gasteiger charge is 2.25. The summed E-state index contributed by atoms with van der Waals surface area (Å²) < 4.78 is 2.98. The lowest BCUT2D eigenvalue weighted by molar-refractivity contribution is 0.0734. The number of anilines is 1. The van der Waals surface area contributed by atoms with Crippen molar-refractivity contribution < 1.29 is 4.79 Å². The standard InChI is InChI=1S/C18H21N5OS2/c1-3-23-15(6-7-19-23)17(24)21-8-10-22(11-9-21)18-20-14-5-4-13(25-2)12-16(14)26-18/h4-7,12H,3,8-11H2,1-2H3. The maximum absolute atomic E-state index is 12.7. The number of carbonyl (C=O) groups excluding carboxylic acids is 1. The number of thiazole rings is 1. The average Bonchev–Trinajstić information content (AvgIpc) is 3.33. The molecule has 0 radical (unpaired) electrons. The van der Waals surface area contributed by atoms with Crippen LogP contribution in [0, 0.1) is 0 Å². The van der Waals surface area contributed by atoms with Gasteiger partial charge in [0.05, 0.1) is 10.2 Å². The molecule has 136 valence electrons. The van der Waals surface area contributed by atoms with Gasteiger partial charge in [0.2, 0.25) is 0 Å². The summed E-state index contributed by atoms with van der Waals surface area (Å²) in [5, 5.41) is 5.25. The van der Waals surface area contributed by atoms with Crippen LogP contribution in [0.15, 0.2) is 35.4 Å². The lowest BCUT2D eigenvalue weighted by atomic mass is 10.3. The second-order valence-electron chi connectivity index (χ2n) is 6.14. The molecule has 4 rings (SSSR count). The van der Waals surface area contributed by atoms with Crippen molar-refractivity contribution in [1.29, 1.82) is 0 Å². The zero-order valence-corrected chi connectivity index (χ0v) is 16.5. The Hall–Kier alpha value is -2.06. The van der Waals surface area contributed by atoms with Gasteiger partial charge >= 0.3 is 0 Å². The Labute approximate surface area is 160 Å². The summed E-state index contributed by atoms with van der Waals surface area (Å²) in [7, 11) is 0. The summed E-state index contributed by atoms with van der Waals surface area (Å²) in [5.74, 6) is 0.0675. The molecule has 0 saturated carbocycles. The fourth-order valence-corrected chi connectivity index (χ4v) is 4.76. The first-order valence-electron chi connectivity index (χ1n) is 8.70. The van der Waals surface area contributed by atoms with Crippen LogP contribution in [0.4, 0.5) is 5.13 Å². The number of carbonyl (C=O) groups is 1. The average molecular weight is 388 g/mol. The number of amides is 1. The summed E-state index contributed by atoms with van der Waals surface area (Å²) in [6, 6.07) is 8.21. The lowest BCUT2D eigenvalue weighted by Gasteiger charge is -2.34. The third kappa shape index (κ3) is 3.19. The fraction of sp³-hybridized carbons (Fsp3) is 0.389. The Morgan fingerprint density at radius 1 is 1.23 bits per heavy atom. The van der Waals surface area contributed by atoms with Crippen LogP contribution in [-0.4, -0.2) is 58.0 Å². The van der Waals surface area contributed by atoms with E-state index < -0.39 is 0 Å². The van der Waals surface area contributed by atoms with E-state index in [2.05, 4.69) is 34.5 Å². The molecule has 8 heteroatoms. The first kappa shape index (κ1) is 17.4. The van der Waals surface area contributed by atoms with Crippen LogP contribution >= 0.6 is 23.1 Å². The minimum atomic E-state index is 0.0675. The molecular weight excluding hydrogens is 366 g/mol. The predicted molar refractivity (Wildman–Crippen MR) is 107 cm³/mol. The van der Waals surface area contributed by atoms with Gasteiger partial charge < -0.3 is 9.80 Å². The Morgan fingerprint density at radius 2 is 2.04 bits per heavy atom. The second kappa shape index (κ2) is 7.28. The first-order valence-corrected chi connectivity index (χ1v) is 10.7. The van der Waals surface area contributed by atoms with Gasteiger partial charge in [-0.2, -0.15) is 5.10 Å². The van der Waals surface area contributed by atoms with Crippen LogP contribution in [0.3, 0.4) is 0 Å². The van der Waals surface area contributed by atoms with Crippen molar-refractivity contribution in [3.05, 3.63) is 36.2 Å². The van der Waals surface area contributed by atoms with E-state index in [0.717, 1.165) is 23.7 Å². The van der Waals surface area contributed by atoms with Crippen molar-refractivity contribution in [2.24, 2.45) is 0 Å². The van der Waals surface area contributed by atoms with E-state index in [4.69, 9.17) is 4.98 Å². The SMILES string of the molecule is CCn1nccc1C(=O)N1CCN(c2nc3ccc(SC)cc3s2)CC1. The third-order valence-electron chi connectivity index (χ3n) is 4.66. The maximum Gasteiger partial charge on any atom is 0.272 e. The number of benzene rings is 1. The fourth-order valence-electron chi connectivity index (χ4n) is 3.18. The number of aryl methyl sites for hydroxylation is 1. The number of rotatable bonds is 4. The zero-order valence-electron chi connectivity index (χ0n) is 14.9. The molecule has 1 saturated heterocycles. The van der Waals surface area contributed by atoms with Crippen molar-refractivity contribution >= 4 is 44.4 Å². The molecule has 1 amide bonds. The van der Waals surface area contributed by atoms with E-state index in [0.29, 0.717) is 25.3 Å². The number of thioether (sulfide) groups is 1. The molecule has 1 aliphatic rings. The molecule has 6 nitrogen and oxygen atoms in total. The molecule has 0 aliphatic carbocycles. The van der Waals surface area contributed by atoms with Crippen molar-refractivity contribution in [1.82, 2.24) is 19.7 Å². The number of nitrogens with zero attached hydrogens (tertiary/aromatic N) is 5. The van der Waals surface area contributed by atoms with Crippen molar-refractivity contribution in [2.45, 2.75) is 18.4 Å². The number of hydrogen-bond acceptors (Lipinski definition) is 6. The highest BCUT2D eigenvalue weighted by Crippen LogP contribution is 2.32. The van der Waals surface area contributed by atoms with E-state index in [1.807, 2.05) is 11.8 Å². The van der Waals surface area contributed by atoms with Crippen molar-refractivity contribution in [3.63, 3.8) is 0 Å². The Balaban J connectivity index is 1.46. The normalized spacial score (nSPS) is 15.0. The molecule has 1 aliphatic heterocycles. The largest absolute Gasteiger partial charge is 0.345 e. The van der Waals surface area contributed by atoms with Gasteiger partial charge in [0.1, 0.15) is 5.69 Å². The molecule has 0 bridgehead atoms. The minimum Gasteiger partial charge on any atom is -0.345 e. The van der Waals surface area contributed by atoms with Gasteiger partial charge in [0.15, 0.2) is 5.13 Å². The monoisotopic (exact) mass is 387 g/mol. The molecule has 0 atom stereocenters. The van der Waals surface area contributed by atoms with Crippen molar-refractivity contribution in [3.8, 4) is 0 Å². The molecule has 26 heavy (non-hydrogen) atoms. The van der Waals surface area contributed by atoms with Crippen LogP contribution in [0.2, 0.25) is 0 Å². The van der Waals surface area contributed by atoms with E-state index in [1.54, 1.807) is 40.0 Å². The van der Waals surface area contributed by atoms with E-state index in [-0.39, 0.29) is 5.91 Å². The highest BCUT2D eigenvalue weighted by molar-refractivity contribution is 7.98. The molecule has 2 aromatic heterocycles. The van der Waals surface area contributed by atoms with Crippen molar-refractivity contribution in [2.75, 3.05) is 37.3 Å². The lowest BCUT2D eigenvalue weighted by Crippen LogP contribution is -2.49. The Morgan fingerprint density at radius 3 is 2.77 bits per heavy atom. The molecule has 1 aromatic carbocycles. The molecule has 3 heterocycles. The second-order valence-corrected chi connectivity index (χ2v) is 8.03. The predicted octanol–water partition coefficient (Wildman–Crippen LogP) is 3.20. The number of hydrogen-bond donors (Lipinski definition) is 0. The van der Waals surface area contributed by atoms with Crippen LogP contribution in [-0.2, 0) is 6.54 Å². The number of aromatic nitrogens is 3. The van der Waals surface area contributed by atoms with E-state index in [1.165, 1.54) is 9.60 Å². The maximum atomic E-state index is 12.7. The van der Waals surface area contributed by atoms with Crippen LogP contribution in [0.25, 0.3) is 10.2 Å². The molecule has 0 spiro atoms. The van der Waals surface area contributed by atoms with Crippen LogP contribution in [0.5, 0.6) is 0 Å². The number of piperazine rings is 1. The Bertz CT molecular complexity index is 927. The van der Waals surface area contributed by atoms with Crippen LogP contribution < -0.4 is 4.90 Å². The van der Waals surface area contributed by atoms with E-state index >= 15 is 0 Å². The molecule has 3 aromatic rings. The van der Waals surface area contributed by atoms with Gasteiger partial charge in [0.25, 0.3) is 5.91 Å². The Kier molecular flexibility index (Phi) is 4.86. The highest BCUT2D eigenvalue weighted by atomic mass is 32.2. The topological polar surface area (TPSA) is 54.3 Å². The summed E-state index contributed by atoms with van der Waals surface area (Å²) in [6.07, 6.45) is 3.78. The summed E-state index contributed by atoms with van der Waals surface area (Å²) in [6.45, 7) is 5.73. The van der Waals surface area contributed by atoms with Gasteiger partial charge in [0, 0.05) is 43.8 Å². The molecule has 0 N–H and O–H groups in total. The van der Waals surface area contributed by atoms with Gasteiger partial charge in [-0.15, -0.1) is 11.8 Å². The van der Waals surface area contributed by atoms with Gasteiger partial charge in [-0.3, -0.25) is 9.48 Å². The summed E-state index contributed by atoms with van der Waals surface area (Å²) in [5.41, 5.74) is 1.72. The minimum absolute atomic E-state index is 0.0675.